The highest BCUT2D eigenvalue weighted by Gasteiger charge is 2.31. The highest BCUT2D eigenvalue weighted by molar-refractivity contribution is 7.99. The van der Waals surface area contributed by atoms with Gasteiger partial charge < -0.3 is 4.98 Å². The van der Waals surface area contributed by atoms with Gasteiger partial charge in [-0.2, -0.15) is 0 Å². The monoisotopic (exact) mass is 410 g/mol. The molecule has 4 aromatic rings. The molecule has 0 spiro atoms. The number of Topliss-reactive ketones (excluding diaryl/α,β-unsaturated/α-hetero) is 1. The van der Waals surface area contributed by atoms with Crippen molar-refractivity contribution in [2.24, 2.45) is 0 Å². The summed E-state index contributed by atoms with van der Waals surface area (Å²) < 4.78 is 29.3. The normalized spacial score (nSPS) is 13.9. The van der Waals surface area contributed by atoms with E-state index in [0.717, 1.165) is 53.3 Å². The zero-order chi connectivity index (χ0) is 20.0. The number of carbonyl (C=O) groups excluding carboxylic acids is 1. The third kappa shape index (κ3) is 3.33. The van der Waals surface area contributed by atoms with E-state index in [0.29, 0.717) is 5.16 Å². The van der Waals surface area contributed by atoms with Crippen molar-refractivity contribution in [3.63, 3.8) is 0 Å². The highest BCUT2D eigenvalue weighted by Crippen LogP contribution is 2.42. The first kappa shape index (κ1) is 18.1. The smallest absolute Gasteiger partial charge is 0.192 e. The second-order valence-corrected chi connectivity index (χ2v) is 7.93. The first-order chi connectivity index (χ1) is 14.1. The number of rotatable bonds is 6. The van der Waals surface area contributed by atoms with Gasteiger partial charge in [-0.1, -0.05) is 30.0 Å². The van der Waals surface area contributed by atoms with E-state index in [2.05, 4.69) is 19.7 Å². The van der Waals surface area contributed by atoms with Crippen LogP contribution >= 0.6 is 11.8 Å². The molecule has 8 heteroatoms. The molecular formula is C21H16F2N4OS. The van der Waals surface area contributed by atoms with Gasteiger partial charge in [0.2, 0.25) is 0 Å². The average molecular weight is 410 g/mol. The molecule has 146 valence electrons. The first-order valence-corrected chi connectivity index (χ1v) is 10.2. The van der Waals surface area contributed by atoms with Crippen LogP contribution in [0.5, 0.6) is 0 Å². The van der Waals surface area contributed by atoms with Crippen molar-refractivity contribution in [1.29, 1.82) is 0 Å². The maximum atomic E-state index is 13.9. The third-order valence-electron chi connectivity index (χ3n) is 4.97. The number of nitrogens with one attached hydrogen (secondary N) is 1. The molecule has 0 atom stereocenters. The Morgan fingerprint density at radius 1 is 1.17 bits per heavy atom. The van der Waals surface area contributed by atoms with E-state index in [1.807, 2.05) is 30.5 Å². The molecule has 1 aliphatic carbocycles. The van der Waals surface area contributed by atoms with Crippen LogP contribution in [0, 0.1) is 11.6 Å². The molecule has 0 aliphatic heterocycles. The largest absolute Gasteiger partial charge is 0.360 e. The van der Waals surface area contributed by atoms with E-state index in [-0.39, 0.29) is 17.4 Å². The second-order valence-electron chi connectivity index (χ2n) is 6.99. The summed E-state index contributed by atoms with van der Waals surface area (Å²) in [5, 5.41) is 10.3. The lowest BCUT2D eigenvalue weighted by Crippen LogP contribution is -2.07. The lowest BCUT2D eigenvalue weighted by Gasteiger charge is -2.08. The summed E-state index contributed by atoms with van der Waals surface area (Å²) in [6.45, 7) is 0. The molecule has 2 heterocycles. The third-order valence-corrected chi connectivity index (χ3v) is 5.91. The number of aromatic amines is 1. The summed E-state index contributed by atoms with van der Waals surface area (Å²) in [6.07, 6.45) is 3.95. The van der Waals surface area contributed by atoms with Crippen LogP contribution in [0.1, 0.15) is 29.2 Å². The zero-order valence-corrected chi connectivity index (χ0v) is 16.0. The molecule has 1 saturated carbocycles. The van der Waals surface area contributed by atoms with Crippen LogP contribution < -0.4 is 0 Å². The van der Waals surface area contributed by atoms with E-state index in [1.54, 1.807) is 0 Å². The number of aromatic nitrogens is 4. The number of benzene rings is 2. The van der Waals surface area contributed by atoms with Gasteiger partial charge in [0.05, 0.1) is 11.3 Å². The number of para-hydroxylation sites is 1. The fourth-order valence-corrected chi connectivity index (χ4v) is 4.29. The van der Waals surface area contributed by atoms with E-state index in [4.69, 9.17) is 0 Å². The van der Waals surface area contributed by atoms with Gasteiger partial charge in [-0.15, -0.1) is 10.2 Å². The number of halogens is 2. The number of thioether (sulfide) groups is 1. The van der Waals surface area contributed by atoms with Crippen molar-refractivity contribution in [3.8, 4) is 11.4 Å². The molecule has 2 aromatic heterocycles. The molecule has 29 heavy (non-hydrogen) atoms. The molecule has 0 bridgehead atoms. The Morgan fingerprint density at radius 2 is 2.00 bits per heavy atom. The minimum atomic E-state index is -0.722. The van der Waals surface area contributed by atoms with Gasteiger partial charge in [0.25, 0.3) is 0 Å². The van der Waals surface area contributed by atoms with Gasteiger partial charge in [-0.05, 0) is 37.1 Å². The number of ketones is 1. The summed E-state index contributed by atoms with van der Waals surface area (Å²) in [4.78, 5) is 15.7. The Bertz CT molecular complexity index is 1230. The van der Waals surface area contributed by atoms with Crippen LogP contribution in [0.25, 0.3) is 22.3 Å². The number of fused-ring (bicyclic) bond motifs is 1. The second kappa shape index (κ2) is 7.11. The molecular weight excluding hydrogens is 394 g/mol. The molecule has 5 nitrogen and oxygen atoms in total. The van der Waals surface area contributed by atoms with Crippen molar-refractivity contribution in [2.45, 2.75) is 24.0 Å². The molecule has 1 fully saturated rings. The van der Waals surface area contributed by atoms with Crippen LogP contribution in [0.15, 0.2) is 53.8 Å². The minimum absolute atomic E-state index is 0.0425. The highest BCUT2D eigenvalue weighted by atomic mass is 32.2. The fourth-order valence-electron chi connectivity index (χ4n) is 3.40. The van der Waals surface area contributed by atoms with Crippen molar-refractivity contribution in [3.05, 3.63) is 65.9 Å². The maximum Gasteiger partial charge on any atom is 0.192 e. The number of hydrogen-bond donors (Lipinski definition) is 1. The van der Waals surface area contributed by atoms with Gasteiger partial charge in [0, 0.05) is 28.7 Å². The fraction of sp³-hybridized carbons (Fsp3) is 0.190. The molecule has 0 amide bonds. The minimum Gasteiger partial charge on any atom is -0.360 e. The van der Waals surface area contributed by atoms with Gasteiger partial charge >= 0.3 is 0 Å². The van der Waals surface area contributed by atoms with Crippen LogP contribution in [-0.4, -0.2) is 31.3 Å². The molecule has 0 radical (unpaired) electrons. The Morgan fingerprint density at radius 3 is 2.83 bits per heavy atom. The molecule has 1 aliphatic rings. The van der Waals surface area contributed by atoms with E-state index in [1.165, 1.54) is 11.8 Å². The number of carbonyl (C=O) groups is 1. The first-order valence-electron chi connectivity index (χ1n) is 9.24. The average Bonchev–Trinajstić information content (AvgIpc) is 3.34. The van der Waals surface area contributed by atoms with Crippen LogP contribution in [0.3, 0.4) is 0 Å². The quantitative estimate of drug-likeness (QED) is 0.358. The summed E-state index contributed by atoms with van der Waals surface area (Å²) in [5.74, 6) is -1.13. The van der Waals surface area contributed by atoms with E-state index >= 15 is 0 Å². The van der Waals surface area contributed by atoms with Crippen molar-refractivity contribution >= 4 is 28.4 Å². The van der Waals surface area contributed by atoms with Crippen LogP contribution in [0.4, 0.5) is 8.78 Å². The van der Waals surface area contributed by atoms with Gasteiger partial charge in [-0.3, -0.25) is 9.36 Å². The van der Waals surface area contributed by atoms with Gasteiger partial charge in [-0.25, -0.2) is 8.78 Å². The number of hydrogen-bond acceptors (Lipinski definition) is 4. The Hall–Kier alpha value is -3.00. The molecule has 0 unspecified atom stereocenters. The lowest BCUT2D eigenvalue weighted by molar-refractivity contribution is 0.101. The Balaban J connectivity index is 1.45. The van der Waals surface area contributed by atoms with Gasteiger partial charge in [0.1, 0.15) is 11.6 Å². The van der Waals surface area contributed by atoms with Crippen LogP contribution in [0.2, 0.25) is 0 Å². The van der Waals surface area contributed by atoms with E-state index < -0.39 is 17.4 Å². The van der Waals surface area contributed by atoms with Crippen molar-refractivity contribution < 1.29 is 13.6 Å². The van der Waals surface area contributed by atoms with Crippen molar-refractivity contribution in [2.75, 3.05) is 5.75 Å². The molecule has 0 saturated heterocycles. The van der Waals surface area contributed by atoms with Gasteiger partial charge in [0.15, 0.2) is 16.8 Å². The predicted octanol–water partition coefficient (Wildman–Crippen LogP) is 5.01. The van der Waals surface area contributed by atoms with Crippen LogP contribution in [-0.2, 0) is 0 Å². The zero-order valence-electron chi connectivity index (χ0n) is 15.2. The molecule has 5 rings (SSSR count). The van der Waals surface area contributed by atoms with E-state index in [9.17, 15) is 13.6 Å². The predicted molar refractivity (Wildman–Crippen MR) is 107 cm³/mol. The standard InChI is InChI=1S/C21H16F2N4OS/c22-12-5-8-17(23)15(9-12)19(28)11-29-21-26-25-20(27(21)13-6-7-13)16-10-24-18-4-2-1-3-14(16)18/h1-5,8-10,13,24H,6-7,11H2. The Kier molecular flexibility index (Phi) is 4.43. The Labute approximate surface area is 169 Å². The summed E-state index contributed by atoms with van der Waals surface area (Å²) in [7, 11) is 0. The maximum absolute atomic E-state index is 13.9. The number of nitrogens with zero attached hydrogens (tertiary/aromatic N) is 3. The molecule has 2 aromatic carbocycles. The number of H-pyrrole nitrogens is 1. The SMILES string of the molecule is O=C(CSc1nnc(-c2c[nH]c3ccccc23)n1C1CC1)c1cc(F)ccc1F. The molecule has 1 N–H and O–H groups in total. The van der Waals surface area contributed by atoms with Crippen molar-refractivity contribution in [1.82, 2.24) is 19.7 Å². The topological polar surface area (TPSA) is 63.6 Å². The summed E-state index contributed by atoms with van der Waals surface area (Å²) in [5.41, 5.74) is 1.72. The summed E-state index contributed by atoms with van der Waals surface area (Å²) in [6, 6.07) is 11.1. The lowest BCUT2D eigenvalue weighted by atomic mass is 10.1. The summed E-state index contributed by atoms with van der Waals surface area (Å²) >= 11 is 1.20.